The highest BCUT2D eigenvalue weighted by Gasteiger charge is 2.36. The van der Waals surface area contributed by atoms with E-state index in [0.717, 1.165) is 11.0 Å². The van der Waals surface area contributed by atoms with Gasteiger partial charge < -0.3 is 15.2 Å². The van der Waals surface area contributed by atoms with Crippen molar-refractivity contribution in [1.29, 1.82) is 0 Å². The maximum absolute atomic E-state index is 14.3. The highest BCUT2D eigenvalue weighted by Crippen LogP contribution is 2.29. The van der Waals surface area contributed by atoms with Crippen molar-refractivity contribution in [1.82, 2.24) is 0 Å². The Morgan fingerprint density at radius 2 is 2.13 bits per heavy atom. The Hall–Kier alpha value is -2.90. The lowest BCUT2D eigenvalue weighted by atomic mass is 10.00. The Bertz CT molecular complexity index is 731. The molecule has 1 atom stereocenters. The number of halogens is 1. The molecule has 0 aromatic heterocycles. The number of ether oxygens (including phenoxy) is 2. The third-order valence-electron chi connectivity index (χ3n) is 3.65. The number of carbonyl (C=O) groups is 3. The van der Waals surface area contributed by atoms with Crippen molar-refractivity contribution in [3.8, 4) is 0 Å². The van der Waals surface area contributed by atoms with Gasteiger partial charge in [0.2, 0.25) is 0 Å². The van der Waals surface area contributed by atoms with E-state index in [1.54, 1.807) is 6.08 Å². The summed E-state index contributed by atoms with van der Waals surface area (Å²) in [6, 6.07) is 4.14. The lowest BCUT2D eigenvalue weighted by molar-refractivity contribution is -0.141. The van der Waals surface area contributed by atoms with Gasteiger partial charge in [0.05, 0.1) is 18.7 Å². The lowest BCUT2D eigenvalue weighted by Gasteiger charge is -2.17. The molecule has 1 fully saturated rings. The molecule has 1 saturated heterocycles. The van der Waals surface area contributed by atoms with Gasteiger partial charge in [-0.15, -0.1) is 0 Å². The summed E-state index contributed by atoms with van der Waals surface area (Å²) in [5, 5.41) is 0. The molecular formula is C15H13FN2O5. The van der Waals surface area contributed by atoms with Gasteiger partial charge in [0, 0.05) is 5.56 Å². The first-order valence-electron chi connectivity index (χ1n) is 6.88. The van der Waals surface area contributed by atoms with Gasteiger partial charge in [-0.1, -0.05) is 0 Å². The SMILES string of the molecule is NC(=O)[C@H]1CN(c2ccc(C3=CCOC(=O)C3)c(F)c2)C(=O)O1. The minimum atomic E-state index is -1.05. The van der Waals surface area contributed by atoms with Crippen LogP contribution in [0.15, 0.2) is 24.3 Å². The smallest absolute Gasteiger partial charge is 0.415 e. The minimum absolute atomic E-state index is 0.00816. The van der Waals surface area contributed by atoms with E-state index in [0.29, 0.717) is 5.57 Å². The van der Waals surface area contributed by atoms with E-state index in [1.807, 2.05) is 0 Å². The monoisotopic (exact) mass is 320 g/mol. The first kappa shape index (κ1) is 15.0. The number of rotatable bonds is 3. The van der Waals surface area contributed by atoms with Crippen LogP contribution in [0.4, 0.5) is 14.9 Å². The number of cyclic esters (lactones) is 2. The van der Waals surface area contributed by atoms with E-state index in [1.165, 1.54) is 12.1 Å². The highest BCUT2D eigenvalue weighted by molar-refractivity contribution is 5.95. The Labute approximate surface area is 130 Å². The van der Waals surface area contributed by atoms with Gasteiger partial charge in [-0.25, -0.2) is 9.18 Å². The second kappa shape index (κ2) is 5.71. The van der Waals surface area contributed by atoms with E-state index in [2.05, 4.69) is 0 Å². The second-order valence-corrected chi connectivity index (χ2v) is 5.14. The second-order valence-electron chi connectivity index (χ2n) is 5.14. The van der Waals surface area contributed by atoms with Crippen molar-refractivity contribution >= 4 is 29.2 Å². The van der Waals surface area contributed by atoms with Crippen LogP contribution in [-0.2, 0) is 19.1 Å². The minimum Gasteiger partial charge on any atom is -0.461 e. The quantitative estimate of drug-likeness (QED) is 0.837. The summed E-state index contributed by atoms with van der Waals surface area (Å²) >= 11 is 0. The number of hydrogen-bond acceptors (Lipinski definition) is 5. The summed E-state index contributed by atoms with van der Waals surface area (Å²) < 4.78 is 23.9. The van der Waals surface area contributed by atoms with E-state index in [9.17, 15) is 18.8 Å². The number of carbonyl (C=O) groups excluding carboxylic acids is 3. The van der Waals surface area contributed by atoms with Crippen molar-refractivity contribution in [2.45, 2.75) is 12.5 Å². The van der Waals surface area contributed by atoms with Crippen LogP contribution in [0, 0.1) is 5.82 Å². The van der Waals surface area contributed by atoms with Gasteiger partial charge in [0.1, 0.15) is 12.4 Å². The van der Waals surface area contributed by atoms with Crippen LogP contribution in [0.1, 0.15) is 12.0 Å². The average Bonchev–Trinajstić information content (AvgIpc) is 2.89. The van der Waals surface area contributed by atoms with Gasteiger partial charge in [0.15, 0.2) is 6.10 Å². The molecule has 2 amide bonds. The molecule has 2 aliphatic heterocycles. The zero-order valence-electron chi connectivity index (χ0n) is 12.0. The predicted octanol–water partition coefficient (Wildman–Crippen LogP) is 0.966. The normalized spacial score (nSPS) is 20.8. The van der Waals surface area contributed by atoms with E-state index in [-0.39, 0.29) is 30.8 Å². The summed E-state index contributed by atoms with van der Waals surface area (Å²) in [6.45, 7) is 0.0378. The Balaban J connectivity index is 1.85. The Morgan fingerprint density at radius 3 is 2.74 bits per heavy atom. The van der Waals surface area contributed by atoms with Crippen molar-refractivity contribution in [3.63, 3.8) is 0 Å². The molecule has 0 aliphatic carbocycles. The number of nitrogens with two attached hydrogens (primary N) is 1. The molecule has 23 heavy (non-hydrogen) atoms. The standard InChI is InChI=1S/C15H13FN2O5/c16-11-6-9(18-7-12(14(17)20)23-15(18)21)1-2-10(11)8-3-4-22-13(19)5-8/h1-3,6,12H,4-5,7H2,(H2,17,20)/t12-/m1/s1. The first-order valence-corrected chi connectivity index (χ1v) is 6.88. The van der Waals surface area contributed by atoms with Crippen LogP contribution >= 0.6 is 0 Å². The van der Waals surface area contributed by atoms with Crippen molar-refractivity contribution in [2.75, 3.05) is 18.1 Å². The van der Waals surface area contributed by atoms with Crippen LogP contribution in [0.25, 0.3) is 5.57 Å². The number of hydrogen-bond donors (Lipinski definition) is 1. The molecule has 0 radical (unpaired) electrons. The maximum Gasteiger partial charge on any atom is 0.415 e. The summed E-state index contributed by atoms with van der Waals surface area (Å²) in [7, 11) is 0. The van der Waals surface area contributed by atoms with Crippen molar-refractivity contribution < 1.29 is 28.2 Å². The molecule has 0 spiro atoms. The van der Waals surface area contributed by atoms with Crippen molar-refractivity contribution in [2.24, 2.45) is 5.73 Å². The molecule has 2 aliphatic rings. The zero-order chi connectivity index (χ0) is 16.6. The van der Waals surface area contributed by atoms with E-state index < -0.39 is 29.9 Å². The summed E-state index contributed by atoms with van der Waals surface area (Å²) in [4.78, 5) is 35.2. The molecule has 7 nitrogen and oxygen atoms in total. The van der Waals surface area contributed by atoms with Gasteiger partial charge in [-0.05, 0) is 29.8 Å². The molecule has 0 unspecified atom stereocenters. The Morgan fingerprint density at radius 1 is 1.35 bits per heavy atom. The number of esters is 1. The van der Waals surface area contributed by atoms with Gasteiger partial charge in [-0.2, -0.15) is 0 Å². The summed E-state index contributed by atoms with van der Waals surface area (Å²) in [5.41, 5.74) is 6.15. The van der Waals surface area contributed by atoms with Crippen LogP contribution in [0.3, 0.4) is 0 Å². The molecule has 8 heteroatoms. The van der Waals surface area contributed by atoms with Crippen LogP contribution in [0.2, 0.25) is 0 Å². The summed E-state index contributed by atoms with van der Waals surface area (Å²) in [6.07, 6.45) is -0.194. The fourth-order valence-corrected chi connectivity index (χ4v) is 2.47. The van der Waals surface area contributed by atoms with Crippen LogP contribution < -0.4 is 10.6 Å². The predicted molar refractivity (Wildman–Crippen MR) is 76.8 cm³/mol. The Kier molecular flexibility index (Phi) is 3.73. The molecule has 2 N–H and O–H groups in total. The number of anilines is 1. The van der Waals surface area contributed by atoms with Crippen molar-refractivity contribution in [3.05, 3.63) is 35.7 Å². The molecule has 0 saturated carbocycles. The molecule has 120 valence electrons. The highest BCUT2D eigenvalue weighted by atomic mass is 19.1. The molecule has 2 heterocycles. The van der Waals surface area contributed by atoms with E-state index in [4.69, 9.17) is 15.2 Å². The largest absolute Gasteiger partial charge is 0.461 e. The number of amides is 2. The number of benzene rings is 1. The summed E-state index contributed by atoms with van der Waals surface area (Å²) in [5.74, 6) is -1.76. The maximum atomic E-state index is 14.3. The van der Waals surface area contributed by atoms with Gasteiger partial charge in [0.25, 0.3) is 5.91 Å². The van der Waals surface area contributed by atoms with Gasteiger partial charge >= 0.3 is 12.1 Å². The molecular weight excluding hydrogens is 307 g/mol. The lowest BCUT2D eigenvalue weighted by Crippen LogP contribution is -2.32. The number of nitrogens with zero attached hydrogens (tertiary/aromatic N) is 1. The topological polar surface area (TPSA) is 98.9 Å². The molecule has 3 rings (SSSR count). The zero-order valence-corrected chi connectivity index (χ0v) is 12.0. The third kappa shape index (κ3) is 2.87. The molecule has 1 aromatic carbocycles. The molecule has 0 bridgehead atoms. The average molecular weight is 320 g/mol. The van der Waals surface area contributed by atoms with Crippen LogP contribution in [-0.4, -0.2) is 37.2 Å². The van der Waals surface area contributed by atoms with Gasteiger partial charge in [-0.3, -0.25) is 14.5 Å². The molecule has 1 aromatic rings. The van der Waals surface area contributed by atoms with E-state index >= 15 is 0 Å². The van der Waals surface area contributed by atoms with Crippen LogP contribution in [0.5, 0.6) is 0 Å². The fraction of sp³-hybridized carbons (Fsp3) is 0.267. The number of primary amides is 1. The third-order valence-corrected chi connectivity index (χ3v) is 3.65. The first-order chi connectivity index (χ1) is 11.0. The fourth-order valence-electron chi connectivity index (χ4n) is 2.47.